The van der Waals surface area contributed by atoms with Gasteiger partial charge in [-0.25, -0.2) is 0 Å². The summed E-state index contributed by atoms with van der Waals surface area (Å²) in [6.45, 7) is 20.7. The number of benzene rings is 1. The summed E-state index contributed by atoms with van der Waals surface area (Å²) in [5, 5.41) is 0. The molecule has 1 atom stereocenters. The molecule has 236 valence electrons. The zero-order valence-electron chi connectivity index (χ0n) is 26.7. The molecule has 0 aliphatic rings. The Labute approximate surface area is 246 Å². The normalized spacial score (nSPS) is 12.7. The van der Waals surface area contributed by atoms with Gasteiger partial charge in [-0.2, -0.15) is 13.2 Å². The van der Waals surface area contributed by atoms with Crippen LogP contribution in [0.25, 0.3) is 0 Å². The molecule has 1 rings (SSSR count). The lowest BCUT2D eigenvalue weighted by Gasteiger charge is -2.25. The van der Waals surface area contributed by atoms with E-state index in [0.717, 1.165) is 49.1 Å². The highest BCUT2D eigenvalue weighted by Gasteiger charge is 2.30. The van der Waals surface area contributed by atoms with Crippen LogP contribution in [0.1, 0.15) is 84.8 Å². The average molecular weight is 588 g/mol. The lowest BCUT2D eigenvalue weighted by Crippen LogP contribution is -2.26. The Morgan fingerprint density at radius 3 is 2.00 bits per heavy atom. The highest BCUT2D eigenvalue weighted by atomic mass is 19.4. The molecule has 0 aliphatic carbocycles. The zero-order valence-corrected chi connectivity index (χ0v) is 26.7. The Kier molecular flexibility index (Phi) is 21.8. The Balaban J connectivity index is 0. The molecule has 0 aliphatic heterocycles. The number of unbranched alkanes of at least 4 members (excludes halogenated alkanes) is 1. The van der Waals surface area contributed by atoms with Crippen molar-refractivity contribution in [3.05, 3.63) is 83.9 Å². The summed E-state index contributed by atoms with van der Waals surface area (Å²) in [4.78, 5) is 5.83. The largest absolute Gasteiger partial charge is 0.480 e. The van der Waals surface area contributed by atoms with Gasteiger partial charge in [0.25, 0.3) is 0 Å². The minimum Gasteiger partial charge on any atom is -0.480 e. The Morgan fingerprint density at radius 2 is 1.56 bits per heavy atom. The molecular formula is C33H53F4NO3. The summed E-state index contributed by atoms with van der Waals surface area (Å²) in [6, 6.07) is 5.32. The smallest absolute Gasteiger partial charge is 0.416 e. The first kappa shape index (κ1) is 40.6. The van der Waals surface area contributed by atoms with Crippen LogP contribution in [0, 0.1) is 5.92 Å². The molecule has 1 unspecified atom stereocenters. The van der Waals surface area contributed by atoms with E-state index in [1.807, 2.05) is 20.0 Å². The molecule has 0 radical (unpaired) electrons. The SMILES string of the molecule is C=C(/C=C\C(=C/C)OC(C)(C)C(=C)OF)CCCC(C)CN(C)Cc1ccc(C(F)(F)F)cc1.CCCC.COC. The maximum atomic E-state index is 12.7. The predicted molar refractivity (Wildman–Crippen MR) is 163 cm³/mol. The van der Waals surface area contributed by atoms with Crippen LogP contribution in [0.15, 0.2) is 72.7 Å². The fraction of sp³-hybridized carbons (Fsp3) is 0.576. The summed E-state index contributed by atoms with van der Waals surface area (Å²) >= 11 is 0. The van der Waals surface area contributed by atoms with Crippen molar-refractivity contribution in [2.75, 3.05) is 27.8 Å². The van der Waals surface area contributed by atoms with Crippen LogP contribution in [-0.2, 0) is 27.1 Å². The van der Waals surface area contributed by atoms with E-state index in [2.05, 4.69) is 48.5 Å². The third-order valence-electron chi connectivity index (χ3n) is 5.96. The lowest BCUT2D eigenvalue weighted by molar-refractivity contribution is -0.137. The molecular weight excluding hydrogens is 534 g/mol. The van der Waals surface area contributed by atoms with E-state index in [9.17, 15) is 17.7 Å². The topological polar surface area (TPSA) is 30.9 Å². The summed E-state index contributed by atoms with van der Waals surface area (Å²) in [5.74, 6) is 0.872. The Morgan fingerprint density at radius 1 is 1.02 bits per heavy atom. The molecule has 4 nitrogen and oxygen atoms in total. The van der Waals surface area contributed by atoms with E-state index >= 15 is 0 Å². The molecule has 0 saturated carbocycles. The van der Waals surface area contributed by atoms with E-state index in [1.165, 1.54) is 25.0 Å². The van der Waals surface area contributed by atoms with Crippen LogP contribution in [0.5, 0.6) is 0 Å². The summed E-state index contributed by atoms with van der Waals surface area (Å²) in [6.07, 6.45) is 6.55. The Hall–Kier alpha value is -2.58. The number of alkyl halides is 3. The second-order valence-corrected chi connectivity index (χ2v) is 10.6. The van der Waals surface area contributed by atoms with E-state index < -0.39 is 17.3 Å². The molecule has 41 heavy (non-hydrogen) atoms. The number of rotatable bonds is 15. The molecule has 0 aromatic heterocycles. The molecule has 0 bridgehead atoms. The number of halogens is 4. The Bertz CT molecular complexity index is 904. The van der Waals surface area contributed by atoms with Crippen molar-refractivity contribution in [1.82, 2.24) is 4.90 Å². The van der Waals surface area contributed by atoms with Crippen LogP contribution in [-0.4, -0.2) is 38.3 Å². The standard InChI is InChI=1S/C27H37F4NO2.C4H10.C2H6O/c1-8-25(33-26(5,6)22(4)34-31)17-12-20(2)10-9-11-21(3)18-32(7)19-23-13-15-24(16-14-23)27(28,29)30;1-3-4-2;1-3-2/h8,12-17,21H,2,4,9-11,18-19H2,1,3,5-7H3;3-4H2,1-2H3;1-2H3/b17-12-,25-8+;;. The van der Waals surface area contributed by atoms with Crippen molar-refractivity contribution in [3.8, 4) is 0 Å². The molecule has 0 spiro atoms. The number of nitrogens with zero attached hydrogens (tertiary/aromatic N) is 1. The van der Waals surface area contributed by atoms with Crippen LogP contribution < -0.4 is 0 Å². The van der Waals surface area contributed by atoms with Gasteiger partial charge in [0.05, 0.1) is 5.56 Å². The number of hydrogen-bond acceptors (Lipinski definition) is 4. The van der Waals surface area contributed by atoms with Gasteiger partial charge in [-0.15, -0.1) is 0 Å². The number of methoxy groups -OCH3 is 1. The van der Waals surface area contributed by atoms with Crippen LogP contribution in [0.4, 0.5) is 17.7 Å². The van der Waals surface area contributed by atoms with Gasteiger partial charge in [0.15, 0.2) is 11.4 Å². The van der Waals surface area contributed by atoms with Gasteiger partial charge in [0, 0.05) is 31.8 Å². The highest BCUT2D eigenvalue weighted by molar-refractivity contribution is 5.25. The minimum atomic E-state index is -4.31. The van der Waals surface area contributed by atoms with Crippen LogP contribution in [0.3, 0.4) is 0 Å². The van der Waals surface area contributed by atoms with Crippen molar-refractivity contribution in [1.29, 1.82) is 0 Å². The zero-order chi connectivity index (χ0) is 32.1. The van der Waals surface area contributed by atoms with Gasteiger partial charge in [-0.1, -0.05) is 70.6 Å². The first-order chi connectivity index (χ1) is 19.1. The molecule has 0 fully saturated rings. The quantitative estimate of drug-likeness (QED) is 0.116. The third-order valence-corrected chi connectivity index (χ3v) is 5.96. The van der Waals surface area contributed by atoms with E-state index in [1.54, 1.807) is 40.2 Å². The summed E-state index contributed by atoms with van der Waals surface area (Å²) in [5.41, 5.74) is 0.168. The minimum absolute atomic E-state index is 0.114. The van der Waals surface area contributed by atoms with Gasteiger partial charge in [-0.05, 0) is 82.8 Å². The molecule has 0 saturated heterocycles. The second kappa shape index (κ2) is 22.1. The van der Waals surface area contributed by atoms with Crippen LogP contribution in [0.2, 0.25) is 0 Å². The molecule has 8 heteroatoms. The molecule has 1 aromatic carbocycles. The monoisotopic (exact) mass is 587 g/mol. The van der Waals surface area contributed by atoms with E-state index in [-0.39, 0.29) is 5.76 Å². The third kappa shape index (κ3) is 20.0. The maximum absolute atomic E-state index is 12.7. The van der Waals surface area contributed by atoms with Gasteiger partial charge in [0.1, 0.15) is 5.76 Å². The van der Waals surface area contributed by atoms with Gasteiger partial charge in [0.2, 0.25) is 0 Å². The van der Waals surface area contributed by atoms with E-state index in [0.29, 0.717) is 18.2 Å². The first-order valence-corrected chi connectivity index (χ1v) is 14.1. The second-order valence-electron chi connectivity index (χ2n) is 10.6. The molecule has 0 N–H and O–H groups in total. The van der Waals surface area contributed by atoms with Crippen molar-refractivity contribution in [2.24, 2.45) is 5.92 Å². The van der Waals surface area contributed by atoms with Gasteiger partial charge >= 0.3 is 6.18 Å². The van der Waals surface area contributed by atoms with Crippen molar-refractivity contribution in [3.63, 3.8) is 0 Å². The van der Waals surface area contributed by atoms with Crippen molar-refractivity contribution < 1.29 is 32.1 Å². The van der Waals surface area contributed by atoms with Crippen molar-refractivity contribution in [2.45, 2.75) is 92.0 Å². The van der Waals surface area contributed by atoms with Gasteiger partial charge in [-0.3, -0.25) is 4.94 Å². The fourth-order valence-corrected chi connectivity index (χ4v) is 3.39. The summed E-state index contributed by atoms with van der Waals surface area (Å²) < 4.78 is 60.5. The molecule has 0 amide bonds. The fourth-order valence-electron chi connectivity index (χ4n) is 3.39. The molecule has 0 heterocycles. The number of ether oxygens (including phenoxy) is 2. The highest BCUT2D eigenvalue weighted by Crippen LogP contribution is 2.29. The first-order valence-electron chi connectivity index (χ1n) is 14.1. The van der Waals surface area contributed by atoms with Gasteiger partial charge < -0.3 is 14.4 Å². The summed E-state index contributed by atoms with van der Waals surface area (Å²) in [7, 11) is 5.22. The number of hydrogen-bond donors (Lipinski definition) is 0. The number of allylic oxidation sites excluding steroid dienone is 4. The lowest BCUT2D eigenvalue weighted by atomic mass is 10.0. The average Bonchev–Trinajstić information content (AvgIpc) is 2.90. The van der Waals surface area contributed by atoms with Crippen LogP contribution >= 0.6 is 0 Å². The van der Waals surface area contributed by atoms with Crippen molar-refractivity contribution >= 4 is 0 Å². The predicted octanol–water partition coefficient (Wildman–Crippen LogP) is 10.2. The molecule has 1 aromatic rings. The maximum Gasteiger partial charge on any atom is 0.416 e. The van der Waals surface area contributed by atoms with E-state index in [4.69, 9.17) is 4.74 Å².